The quantitative estimate of drug-likeness (QED) is 0.872. The Morgan fingerprint density at radius 3 is 2.40 bits per heavy atom. The van der Waals surface area contributed by atoms with Gasteiger partial charge in [-0.3, -0.25) is 4.79 Å². The van der Waals surface area contributed by atoms with Crippen LogP contribution in [0.2, 0.25) is 0 Å². The number of hydrogen-bond donors (Lipinski definition) is 1. The highest BCUT2D eigenvalue weighted by Gasteiger charge is 2.18. The molecule has 1 unspecified atom stereocenters. The Morgan fingerprint density at radius 2 is 1.90 bits per heavy atom. The van der Waals surface area contributed by atoms with Gasteiger partial charge in [0.1, 0.15) is 0 Å². The summed E-state index contributed by atoms with van der Waals surface area (Å²) in [6, 6.07) is 3.63. The molecule has 1 rings (SSSR count). The number of benzene rings is 1. The zero-order chi connectivity index (χ0) is 15.3. The molecule has 0 saturated heterocycles. The first kappa shape index (κ1) is 16.6. The molecule has 0 aromatic heterocycles. The van der Waals surface area contributed by atoms with Gasteiger partial charge in [-0.2, -0.15) is 0 Å². The molecule has 0 saturated carbocycles. The predicted octanol–water partition coefficient (Wildman–Crippen LogP) is 2.52. The number of carbonyl (C=O) groups excluding carboxylic acids is 1. The van der Waals surface area contributed by atoms with Gasteiger partial charge in [-0.25, -0.2) is 8.78 Å². The van der Waals surface area contributed by atoms with E-state index in [1.54, 1.807) is 11.8 Å². The first-order chi connectivity index (χ1) is 9.31. The number of hydrogen-bond acceptors (Lipinski definition) is 2. The second-order valence-corrected chi connectivity index (χ2v) is 5.24. The van der Waals surface area contributed by atoms with Crippen molar-refractivity contribution >= 4 is 5.91 Å². The van der Waals surface area contributed by atoms with Crippen LogP contribution < -0.4 is 0 Å². The van der Waals surface area contributed by atoms with Crippen molar-refractivity contribution < 1.29 is 18.7 Å². The van der Waals surface area contributed by atoms with Crippen LogP contribution in [0.25, 0.3) is 0 Å². The fourth-order valence-corrected chi connectivity index (χ4v) is 1.98. The molecule has 1 atom stereocenters. The van der Waals surface area contributed by atoms with Crippen molar-refractivity contribution in [2.75, 3.05) is 6.54 Å². The molecular formula is C15H21F2NO2. The zero-order valence-electron chi connectivity index (χ0n) is 12.1. The molecule has 20 heavy (non-hydrogen) atoms. The minimum Gasteiger partial charge on any atom is -0.392 e. The summed E-state index contributed by atoms with van der Waals surface area (Å²) in [7, 11) is 0. The van der Waals surface area contributed by atoms with E-state index in [-0.39, 0.29) is 24.9 Å². The van der Waals surface area contributed by atoms with Gasteiger partial charge in [0, 0.05) is 19.0 Å². The Hall–Kier alpha value is -1.49. The van der Waals surface area contributed by atoms with Crippen LogP contribution in [0, 0.1) is 11.6 Å². The van der Waals surface area contributed by atoms with Crippen molar-refractivity contribution in [2.24, 2.45) is 0 Å². The molecule has 0 radical (unpaired) electrons. The van der Waals surface area contributed by atoms with E-state index in [2.05, 4.69) is 0 Å². The van der Waals surface area contributed by atoms with Crippen LogP contribution in [0.4, 0.5) is 8.78 Å². The largest absolute Gasteiger partial charge is 0.392 e. The molecule has 0 fully saturated rings. The molecule has 5 heteroatoms. The van der Waals surface area contributed by atoms with Crippen LogP contribution in [0.3, 0.4) is 0 Å². The standard InChI is InChI=1S/C15H21F2NO2/c1-10(2)18(9-11(3)19)15(20)7-5-12-4-6-13(16)14(17)8-12/h4,6,8,10-11,19H,5,7,9H2,1-3H3. The van der Waals surface area contributed by atoms with E-state index < -0.39 is 17.7 Å². The molecule has 112 valence electrons. The predicted molar refractivity (Wildman–Crippen MR) is 73.2 cm³/mol. The van der Waals surface area contributed by atoms with Crippen molar-refractivity contribution in [3.8, 4) is 0 Å². The van der Waals surface area contributed by atoms with Gasteiger partial charge < -0.3 is 10.0 Å². The van der Waals surface area contributed by atoms with E-state index in [1.807, 2.05) is 13.8 Å². The average molecular weight is 285 g/mol. The van der Waals surface area contributed by atoms with Crippen molar-refractivity contribution in [1.82, 2.24) is 4.90 Å². The highest BCUT2D eigenvalue weighted by Crippen LogP contribution is 2.12. The molecular weight excluding hydrogens is 264 g/mol. The van der Waals surface area contributed by atoms with Gasteiger partial charge in [0.25, 0.3) is 0 Å². The Labute approximate surface area is 118 Å². The molecule has 1 amide bonds. The van der Waals surface area contributed by atoms with Crippen LogP contribution in [-0.2, 0) is 11.2 Å². The Balaban J connectivity index is 2.62. The molecule has 0 heterocycles. The molecule has 1 aromatic carbocycles. The van der Waals surface area contributed by atoms with Gasteiger partial charge in [-0.1, -0.05) is 6.07 Å². The van der Waals surface area contributed by atoms with Gasteiger partial charge in [0.2, 0.25) is 5.91 Å². The topological polar surface area (TPSA) is 40.5 Å². The van der Waals surface area contributed by atoms with Crippen molar-refractivity contribution in [1.29, 1.82) is 0 Å². The highest BCUT2D eigenvalue weighted by molar-refractivity contribution is 5.76. The third-order valence-corrected chi connectivity index (χ3v) is 3.02. The van der Waals surface area contributed by atoms with E-state index in [1.165, 1.54) is 6.07 Å². The van der Waals surface area contributed by atoms with Crippen LogP contribution in [0.1, 0.15) is 32.8 Å². The van der Waals surface area contributed by atoms with Gasteiger partial charge in [-0.05, 0) is 44.9 Å². The minimum atomic E-state index is -0.903. The van der Waals surface area contributed by atoms with Crippen molar-refractivity contribution in [2.45, 2.75) is 45.8 Å². The third kappa shape index (κ3) is 4.89. The highest BCUT2D eigenvalue weighted by atomic mass is 19.2. The molecule has 0 bridgehead atoms. The average Bonchev–Trinajstić information content (AvgIpc) is 2.36. The van der Waals surface area contributed by atoms with Gasteiger partial charge in [0.05, 0.1) is 6.10 Å². The summed E-state index contributed by atoms with van der Waals surface area (Å²) in [5.41, 5.74) is 0.581. The molecule has 1 aromatic rings. The summed E-state index contributed by atoms with van der Waals surface area (Å²) in [5, 5.41) is 9.39. The number of aliphatic hydroxyl groups is 1. The Kier molecular flexibility index (Phi) is 6.07. The van der Waals surface area contributed by atoms with E-state index >= 15 is 0 Å². The summed E-state index contributed by atoms with van der Waals surface area (Å²) < 4.78 is 25.9. The Bertz CT molecular complexity index is 461. The maximum absolute atomic E-state index is 13.1. The first-order valence-corrected chi connectivity index (χ1v) is 6.72. The molecule has 0 aliphatic carbocycles. The second kappa shape index (κ2) is 7.33. The number of nitrogens with zero attached hydrogens (tertiary/aromatic N) is 1. The summed E-state index contributed by atoms with van der Waals surface area (Å²) in [6.07, 6.45) is -0.0423. The molecule has 0 aliphatic heterocycles. The number of rotatable bonds is 6. The fraction of sp³-hybridized carbons (Fsp3) is 0.533. The summed E-state index contributed by atoms with van der Waals surface area (Å²) in [4.78, 5) is 13.7. The van der Waals surface area contributed by atoms with E-state index in [9.17, 15) is 18.7 Å². The fourth-order valence-electron chi connectivity index (χ4n) is 1.98. The van der Waals surface area contributed by atoms with Crippen LogP contribution >= 0.6 is 0 Å². The molecule has 1 N–H and O–H groups in total. The summed E-state index contributed by atoms with van der Waals surface area (Å²) in [6.45, 7) is 5.64. The number of halogens is 2. The monoisotopic (exact) mass is 285 g/mol. The van der Waals surface area contributed by atoms with Crippen LogP contribution in [-0.4, -0.2) is 34.6 Å². The lowest BCUT2D eigenvalue weighted by atomic mass is 10.1. The van der Waals surface area contributed by atoms with E-state index in [0.29, 0.717) is 12.0 Å². The molecule has 0 aliphatic rings. The van der Waals surface area contributed by atoms with Gasteiger partial charge in [-0.15, -0.1) is 0 Å². The lowest BCUT2D eigenvalue weighted by molar-refractivity contribution is -0.134. The van der Waals surface area contributed by atoms with Crippen LogP contribution in [0.5, 0.6) is 0 Å². The lowest BCUT2D eigenvalue weighted by Crippen LogP contribution is -2.41. The smallest absolute Gasteiger partial charge is 0.223 e. The maximum Gasteiger partial charge on any atom is 0.223 e. The molecule has 3 nitrogen and oxygen atoms in total. The first-order valence-electron chi connectivity index (χ1n) is 6.72. The summed E-state index contributed by atoms with van der Waals surface area (Å²) in [5.74, 6) is -1.90. The van der Waals surface area contributed by atoms with E-state index in [4.69, 9.17) is 0 Å². The number of aliphatic hydroxyl groups excluding tert-OH is 1. The van der Waals surface area contributed by atoms with E-state index in [0.717, 1.165) is 12.1 Å². The van der Waals surface area contributed by atoms with Gasteiger partial charge in [0.15, 0.2) is 11.6 Å². The number of carbonyl (C=O) groups is 1. The normalized spacial score (nSPS) is 12.6. The lowest BCUT2D eigenvalue weighted by Gasteiger charge is -2.28. The van der Waals surface area contributed by atoms with Crippen LogP contribution in [0.15, 0.2) is 18.2 Å². The maximum atomic E-state index is 13.1. The number of aryl methyl sites for hydroxylation is 1. The summed E-state index contributed by atoms with van der Waals surface area (Å²) >= 11 is 0. The van der Waals surface area contributed by atoms with Crippen molar-refractivity contribution in [3.05, 3.63) is 35.4 Å². The van der Waals surface area contributed by atoms with Gasteiger partial charge >= 0.3 is 0 Å². The minimum absolute atomic E-state index is 0.0120. The third-order valence-electron chi connectivity index (χ3n) is 3.02. The zero-order valence-corrected chi connectivity index (χ0v) is 12.1. The second-order valence-electron chi connectivity index (χ2n) is 5.24. The SMILES string of the molecule is CC(O)CN(C(=O)CCc1ccc(F)c(F)c1)C(C)C. The Morgan fingerprint density at radius 1 is 1.25 bits per heavy atom. The molecule has 0 spiro atoms. The van der Waals surface area contributed by atoms with Crippen molar-refractivity contribution in [3.63, 3.8) is 0 Å². The number of amides is 1.